The van der Waals surface area contributed by atoms with Gasteiger partial charge in [-0.2, -0.15) is 0 Å². The van der Waals surface area contributed by atoms with Crippen molar-refractivity contribution in [2.24, 2.45) is 0 Å². The second kappa shape index (κ2) is 7.49. The summed E-state index contributed by atoms with van der Waals surface area (Å²) in [7, 11) is 1.81. The maximum Gasteiger partial charge on any atom is 0.222 e. The number of halogens is 1. The molecule has 0 fully saturated rings. The lowest BCUT2D eigenvalue weighted by molar-refractivity contribution is -0.130. The summed E-state index contributed by atoms with van der Waals surface area (Å²) < 4.78 is 0. The second-order valence-corrected chi connectivity index (χ2v) is 6.30. The van der Waals surface area contributed by atoms with Crippen molar-refractivity contribution < 1.29 is 4.79 Å². The van der Waals surface area contributed by atoms with Gasteiger partial charge in [0.2, 0.25) is 5.91 Å². The van der Waals surface area contributed by atoms with Gasteiger partial charge in [-0.3, -0.25) is 4.79 Å². The number of carbonyl (C=O) groups excluding carboxylic acids is 1. The van der Waals surface area contributed by atoms with Crippen molar-refractivity contribution in [1.29, 1.82) is 0 Å². The molecule has 0 aliphatic rings. The number of hydrogen-bond acceptors (Lipinski definition) is 2. The van der Waals surface area contributed by atoms with E-state index in [9.17, 15) is 4.79 Å². The number of fused-ring (bicyclic) bond motifs is 1. The molecule has 1 heterocycles. The number of nitrogens with one attached hydrogen (secondary N) is 1. The number of para-hydroxylation sites is 2. The molecule has 0 aliphatic carbocycles. The van der Waals surface area contributed by atoms with Crippen molar-refractivity contribution in [3.05, 3.63) is 64.9 Å². The maximum absolute atomic E-state index is 12.3. The fourth-order valence-corrected chi connectivity index (χ4v) is 2.89. The zero-order valence-electron chi connectivity index (χ0n) is 13.6. The quantitative estimate of drug-likeness (QED) is 0.730. The predicted molar refractivity (Wildman–Crippen MR) is 97.0 cm³/mol. The molecule has 3 rings (SSSR count). The minimum Gasteiger partial charge on any atom is -0.342 e. The molecule has 124 valence electrons. The molecule has 0 unspecified atom stereocenters. The molecule has 0 saturated carbocycles. The number of carbonyl (C=O) groups is 1. The van der Waals surface area contributed by atoms with Gasteiger partial charge in [0, 0.05) is 31.5 Å². The van der Waals surface area contributed by atoms with Crippen LogP contribution >= 0.6 is 11.6 Å². The molecule has 0 bridgehead atoms. The fourth-order valence-electron chi connectivity index (χ4n) is 2.69. The van der Waals surface area contributed by atoms with Crippen molar-refractivity contribution >= 4 is 28.5 Å². The van der Waals surface area contributed by atoms with E-state index in [1.165, 1.54) is 0 Å². The summed E-state index contributed by atoms with van der Waals surface area (Å²) in [5.74, 6) is 1.05. The summed E-state index contributed by atoms with van der Waals surface area (Å²) in [6.07, 6.45) is 2.03. The number of amides is 1. The first-order valence-electron chi connectivity index (χ1n) is 8.04. The number of hydrogen-bond donors (Lipinski definition) is 1. The van der Waals surface area contributed by atoms with E-state index in [0.29, 0.717) is 18.0 Å². The molecule has 1 N–H and O–H groups in total. The highest BCUT2D eigenvalue weighted by Gasteiger charge is 2.11. The number of H-pyrrole nitrogens is 1. The maximum atomic E-state index is 12.3. The third kappa shape index (κ3) is 3.95. The van der Waals surface area contributed by atoms with Gasteiger partial charge in [0.1, 0.15) is 5.82 Å². The Hall–Kier alpha value is -2.33. The second-order valence-electron chi connectivity index (χ2n) is 5.90. The third-order valence-electron chi connectivity index (χ3n) is 4.03. The zero-order valence-corrected chi connectivity index (χ0v) is 14.4. The molecule has 0 aliphatic heterocycles. The molecule has 2 aromatic carbocycles. The first-order chi connectivity index (χ1) is 11.6. The summed E-state index contributed by atoms with van der Waals surface area (Å²) in [4.78, 5) is 21.8. The molecule has 4 nitrogen and oxygen atoms in total. The van der Waals surface area contributed by atoms with Crippen molar-refractivity contribution in [2.45, 2.75) is 25.8 Å². The van der Waals surface area contributed by atoms with Crippen LogP contribution < -0.4 is 0 Å². The zero-order chi connectivity index (χ0) is 16.9. The van der Waals surface area contributed by atoms with Crippen LogP contribution in [0.25, 0.3) is 11.0 Å². The van der Waals surface area contributed by atoms with Gasteiger partial charge in [-0.25, -0.2) is 4.98 Å². The normalized spacial score (nSPS) is 10.9. The van der Waals surface area contributed by atoms with E-state index in [-0.39, 0.29) is 5.91 Å². The van der Waals surface area contributed by atoms with Crippen LogP contribution in [0.5, 0.6) is 0 Å². The van der Waals surface area contributed by atoms with Gasteiger partial charge >= 0.3 is 0 Å². The van der Waals surface area contributed by atoms with Crippen LogP contribution in [0.4, 0.5) is 0 Å². The molecular formula is C19H20ClN3O. The van der Waals surface area contributed by atoms with Crippen LogP contribution in [0, 0.1) is 0 Å². The Morgan fingerprint density at radius 1 is 1.17 bits per heavy atom. The molecule has 1 amide bonds. The number of aromatic nitrogens is 2. The highest BCUT2D eigenvalue weighted by Crippen LogP contribution is 2.17. The van der Waals surface area contributed by atoms with Gasteiger partial charge in [-0.1, -0.05) is 41.9 Å². The van der Waals surface area contributed by atoms with E-state index < -0.39 is 0 Å². The van der Waals surface area contributed by atoms with Gasteiger partial charge in [-0.05, 0) is 30.2 Å². The van der Waals surface area contributed by atoms with Crippen molar-refractivity contribution in [3.8, 4) is 0 Å². The lowest BCUT2D eigenvalue weighted by atomic mass is 10.2. The van der Waals surface area contributed by atoms with Crippen LogP contribution in [0.1, 0.15) is 24.2 Å². The van der Waals surface area contributed by atoms with E-state index in [2.05, 4.69) is 9.97 Å². The Labute approximate surface area is 146 Å². The van der Waals surface area contributed by atoms with Gasteiger partial charge in [0.05, 0.1) is 11.0 Å². The number of benzene rings is 2. The van der Waals surface area contributed by atoms with E-state index >= 15 is 0 Å². The predicted octanol–water partition coefficient (Wildman–Crippen LogP) is 4.20. The fraction of sp³-hybridized carbons (Fsp3) is 0.263. The average Bonchev–Trinajstić information content (AvgIpc) is 2.99. The smallest absolute Gasteiger partial charge is 0.222 e. The summed E-state index contributed by atoms with van der Waals surface area (Å²) >= 11 is 6.15. The van der Waals surface area contributed by atoms with Gasteiger partial charge in [-0.15, -0.1) is 0 Å². The molecule has 5 heteroatoms. The van der Waals surface area contributed by atoms with Gasteiger partial charge in [0.25, 0.3) is 0 Å². The lowest BCUT2D eigenvalue weighted by Crippen LogP contribution is -2.26. The number of rotatable bonds is 6. The van der Waals surface area contributed by atoms with Crippen LogP contribution in [0.3, 0.4) is 0 Å². The monoisotopic (exact) mass is 341 g/mol. The first kappa shape index (κ1) is 16.5. The molecule has 24 heavy (non-hydrogen) atoms. The van der Waals surface area contributed by atoms with E-state index in [4.69, 9.17) is 11.6 Å². The Kier molecular flexibility index (Phi) is 5.16. The summed E-state index contributed by atoms with van der Waals surface area (Å²) in [5, 5.41) is 0.694. The third-order valence-corrected chi connectivity index (χ3v) is 4.40. The van der Waals surface area contributed by atoms with Crippen molar-refractivity contribution in [2.75, 3.05) is 7.05 Å². The summed E-state index contributed by atoms with van der Waals surface area (Å²) in [6.45, 7) is 0.531. The van der Waals surface area contributed by atoms with Crippen LogP contribution in [-0.4, -0.2) is 27.8 Å². The van der Waals surface area contributed by atoms with Gasteiger partial charge in [0.15, 0.2) is 0 Å². The van der Waals surface area contributed by atoms with Gasteiger partial charge < -0.3 is 9.88 Å². The molecule has 0 atom stereocenters. The van der Waals surface area contributed by atoms with Crippen molar-refractivity contribution in [1.82, 2.24) is 14.9 Å². The number of aromatic amines is 1. The first-order valence-corrected chi connectivity index (χ1v) is 8.42. The van der Waals surface area contributed by atoms with E-state index in [0.717, 1.165) is 35.3 Å². The van der Waals surface area contributed by atoms with Crippen LogP contribution in [0.2, 0.25) is 5.02 Å². The average molecular weight is 342 g/mol. The Balaban J connectivity index is 1.50. The molecule has 0 saturated heterocycles. The Morgan fingerprint density at radius 3 is 2.71 bits per heavy atom. The molecule has 1 aromatic heterocycles. The van der Waals surface area contributed by atoms with Crippen molar-refractivity contribution in [3.63, 3.8) is 0 Å². The largest absolute Gasteiger partial charge is 0.342 e. The van der Waals surface area contributed by atoms with Crippen LogP contribution in [0.15, 0.2) is 48.5 Å². The van der Waals surface area contributed by atoms with E-state index in [1.807, 2.05) is 55.6 Å². The minimum absolute atomic E-state index is 0.117. The highest BCUT2D eigenvalue weighted by molar-refractivity contribution is 6.31. The topological polar surface area (TPSA) is 49.0 Å². The number of aryl methyl sites for hydroxylation is 1. The molecule has 0 spiro atoms. The minimum atomic E-state index is 0.117. The molecular weight excluding hydrogens is 322 g/mol. The summed E-state index contributed by atoms with van der Waals surface area (Å²) in [5.41, 5.74) is 2.97. The Bertz CT molecular complexity index is 810. The highest BCUT2D eigenvalue weighted by atomic mass is 35.5. The van der Waals surface area contributed by atoms with E-state index in [1.54, 1.807) is 4.90 Å². The number of imidazole rings is 1. The van der Waals surface area contributed by atoms with Crippen LogP contribution in [-0.2, 0) is 17.8 Å². The Morgan fingerprint density at radius 2 is 1.92 bits per heavy atom. The number of nitrogens with zero attached hydrogens (tertiary/aromatic N) is 2. The standard InChI is InChI=1S/C19H20ClN3O/c1-23(13-14-7-2-3-8-15(14)20)19(24)12-6-11-18-21-16-9-4-5-10-17(16)22-18/h2-5,7-10H,6,11-13H2,1H3,(H,21,22). The molecule has 0 radical (unpaired) electrons. The molecule has 3 aromatic rings. The summed E-state index contributed by atoms with van der Waals surface area (Å²) in [6, 6.07) is 15.6. The lowest BCUT2D eigenvalue weighted by Gasteiger charge is -2.17. The SMILES string of the molecule is CN(Cc1ccccc1Cl)C(=O)CCCc1nc2ccccc2[nH]1.